The lowest BCUT2D eigenvalue weighted by Gasteiger charge is -2.37. The Balaban J connectivity index is 1.84. The molecule has 30 heavy (non-hydrogen) atoms. The van der Waals surface area contributed by atoms with Crippen molar-refractivity contribution in [3.05, 3.63) is 35.5 Å². The Morgan fingerprint density at radius 2 is 1.97 bits per heavy atom. The molecule has 7 nitrogen and oxygen atoms in total. The van der Waals surface area contributed by atoms with Crippen LogP contribution in [0.5, 0.6) is 0 Å². The molecule has 2 atom stereocenters. The van der Waals surface area contributed by atoms with Crippen molar-refractivity contribution >= 4 is 23.0 Å². The summed E-state index contributed by atoms with van der Waals surface area (Å²) in [7, 11) is 1.42. The van der Waals surface area contributed by atoms with Gasteiger partial charge in [-0.1, -0.05) is 32.0 Å². The first-order valence-electron chi connectivity index (χ1n) is 10.5. The first-order valence-corrected chi connectivity index (χ1v) is 10.5. The molecule has 0 saturated carbocycles. The van der Waals surface area contributed by atoms with Crippen LogP contribution in [-0.2, 0) is 27.2 Å². The number of H-pyrrole nitrogens is 1. The van der Waals surface area contributed by atoms with E-state index in [1.54, 1.807) is 0 Å². The van der Waals surface area contributed by atoms with E-state index in [-0.39, 0.29) is 17.9 Å². The van der Waals surface area contributed by atoms with Crippen LogP contribution in [0, 0.1) is 5.92 Å². The number of carbonyl (C=O) groups excluding carboxylic acids is 2. The molecule has 2 N–H and O–H groups in total. The number of esters is 1. The van der Waals surface area contributed by atoms with Crippen molar-refractivity contribution in [3.63, 3.8) is 0 Å². The molecule has 1 aromatic carbocycles. The van der Waals surface area contributed by atoms with Gasteiger partial charge in [-0.05, 0) is 38.3 Å². The number of aromatic amines is 1. The zero-order valence-electron chi connectivity index (χ0n) is 18.7. The Hall–Kier alpha value is -2.54. The van der Waals surface area contributed by atoms with Gasteiger partial charge < -0.3 is 19.8 Å². The summed E-state index contributed by atoms with van der Waals surface area (Å²) >= 11 is 0. The molecule has 164 valence electrons. The lowest BCUT2D eigenvalue weighted by Crippen LogP contribution is -2.54. The van der Waals surface area contributed by atoms with Gasteiger partial charge in [0.15, 0.2) is 0 Å². The zero-order valence-corrected chi connectivity index (χ0v) is 18.7. The largest absolute Gasteiger partial charge is 0.468 e. The molecular formula is C23H33N3O4. The number of ether oxygens (including phenoxy) is 2. The van der Waals surface area contributed by atoms with Gasteiger partial charge in [0.2, 0.25) is 0 Å². The SMILES string of the molecule is COC(=O)[C@@H]1Cc2c([nH]c3ccccc23)CN1C[C@H](NC(=O)OC(C)(C)C)C(C)C. The number of hydrogen-bond acceptors (Lipinski definition) is 5. The third-order valence-corrected chi connectivity index (χ3v) is 5.51. The predicted octanol–water partition coefficient (Wildman–Crippen LogP) is 3.62. The fourth-order valence-electron chi connectivity index (χ4n) is 3.95. The van der Waals surface area contributed by atoms with Gasteiger partial charge in [-0.25, -0.2) is 4.79 Å². The summed E-state index contributed by atoms with van der Waals surface area (Å²) < 4.78 is 10.5. The number of amides is 1. The molecule has 0 unspecified atom stereocenters. The molecule has 0 fully saturated rings. The number of para-hydroxylation sites is 1. The van der Waals surface area contributed by atoms with E-state index in [1.165, 1.54) is 12.7 Å². The maximum Gasteiger partial charge on any atom is 0.407 e. The molecule has 1 aliphatic rings. The molecule has 1 aliphatic heterocycles. The van der Waals surface area contributed by atoms with E-state index in [9.17, 15) is 9.59 Å². The number of alkyl carbamates (subject to hydrolysis) is 1. The third kappa shape index (κ3) is 4.95. The van der Waals surface area contributed by atoms with E-state index in [0.29, 0.717) is 19.5 Å². The highest BCUT2D eigenvalue weighted by Crippen LogP contribution is 2.31. The van der Waals surface area contributed by atoms with Crippen LogP contribution in [0.2, 0.25) is 0 Å². The second-order valence-electron chi connectivity index (χ2n) is 9.30. The molecule has 2 aromatic rings. The third-order valence-electron chi connectivity index (χ3n) is 5.51. The van der Waals surface area contributed by atoms with Gasteiger partial charge in [-0.15, -0.1) is 0 Å². The predicted molar refractivity (Wildman–Crippen MR) is 116 cm³/mol. The molecule has 0 bridgehead atoms. The number of hydrogen-bond donors (Lipinski definition) is 2. The van der Waals surface area contributed by atoms with Crippen LogP contribution in [0.1, 0.15) is 45.9 Å². The Morgan fingerprint density at radius 3 is 2.60 bits per heavy atom. The van der Waals surface area contributed by atoms with Crippen molar-refractivity contribution in [1.82, 2.24) is 15.2 Å². The average molecular weight is 416 g/mol. The van der Waals surface area contributed by atoms with Gasteiger partial charge in [0.05, 0.1) is 7.11 Å². The van der Waals surface area contributed by atoms with Gasteiger partial charge >= 0.3 is 12.1 Å². The quantitative estimate of drug-likeness (QED) is 0.729. The highest BCUT2D eigenvalue weighted by molar-refractivity contribution is 5.86. The number of benzene rings is 1. The van der Waals surface area contributed by atoms with Crippen LogP contribution < -0.4 is 5.32 Å². The fraction of sp³-hybridized carbons (Fsp3) is 0.565. The molecule has 0 radical (unpaired) electrons. The molecule has 1 aromatic heterocycles. The smallest absolute Gasteiger partial charge is 0.407 e. The van der Waals surface area contributed by atoms with E-state index >= 15 is 0 Å². The van der Waals surface area contributed by atoms with E-state index in [1.807, 2.05) is 52.8 Å². The number of rotatable bonds is 5. The number of carbonyl (C=O) groups is 2. The van der Waals surface area contributed by atoms with Gasteiger partial charge in [-0.3, -0.25) is 9.69 Å². The lowest BCUT2D eigenvalue weighted by atomic mass is 9.94. The summed E-state index contributed by atoms with van der Waals surface area (Å²) in [5, 5.41) is 4.13. The summed E-state index contributed by atoms with van der Waals surface area (Å²) in [5.41, 5.74) is 2.78. The normalized spacial score (nSPS) is 18.2. The Labute approximate surface area is 178 Å². The number of fused-ring (bicyclic) bond motifs is 3. The van der Waals surface area contributed by atoms with Crippen molar-refractivity contribution in [1.29, 1.82) is 0 Å². The van der Waals surface area contributed by atoms with E-state index in [2.05, 4.69) is 21.3 Å². The van der Waals surface area contributed by atoms with E-state index < -0.39 is 17.7 Å². The van der Waals surface area contributed by atoms with Crippen molar-refractivity contribution < 1.29 is 19.1 Å². The Morgan fingerprint density at radius 1 is 1.27 bits per heavy atom. The highest BCUT2D eigenvalue weighted by Gasteiger charge is 2.36. The summed E-state index contributed by atoms with van der Waals surface area (Å²) in [6, 6.07) is 7.57. The summed E-state index contributed by atoms with van der Waals surface area (Å²) in [4.78, 5) is 30.6. The molecule has 2 heterocycles. The van der Waals surface area contributed by atoms with Gasteiger partial charge in [0.25, 0.3) is 0 Å². The number of nitrogens with zero attached hydrogens (tertiary/aromatic N) is 1. The monoisotopic (exact) mass is 415 g/mol. The summed E-state index contributed by atoms with van der Waals surface area (Å²) in [6.45, 7) is 10.7. The summed E-state index contributed by atoms with van der Waals surface area (Å²) in [5.74, 6) is -0.0920. The van der Waals surface area contributed by atoms with Crippen LogP contribution in [-0.4, -0.2) is 53.3 Å². The minimum atomic E-state index is -0.565. The van der Waals surface area contributed by atoms with Crippen molar-refractivity contribution in [2.75, 3.05) is 13.7 Å². The maximum absolute atomic E-state index is 12.6. The van der Waals surface area contributed by atoms with Gasteiger partial charge in [0, 0.05) is 42.1 Å². The molecule has 0 aliphatic carbocycles. The molecule has 3 rings (SSSR count). The maximum atomic E-state index is 12.6. The van der Waals surface area contributed by atoms with E-state index in [4.69, 9.17) is 9.47 Å². The molecule has 1 amide bonds. The molecule has 0 saturated heterocycles. The highest BCUT2D eigenvalue weighted by atomic mass is 16.6. The van der Waals surface area contributed by atoms with Crippen molar-refractivity contribution in [2.45, 2.75) is 65.3 Å². The van der Waals surface area contributed by atoms with Crippen molar-refractivity contribution in [3.8, 4) is 0 Å². The molecule has 0 spiro atoms. The summed E-state index contributed by atoms with van der Waals surface area (Å²) in [6.07, 6.45) is 0.127. The minimum absolute atomic E-state index is 0.167. The van der Waals surface area contributed by atoms with Crippen molar-refractivity contribution in [2.24, 2.45) is 5.92 Å². The van der Waals surface area contributed by atoms with Crippen LogP contribution in [0.15, 0.2) is 24.3 Å². The van der Waals surface area contributed by atoms with E-state index in [0.717, 1.165) is 16.6 Å². The second kappa shape index (κ2) is 8.68. The minimum Gasteiger partial charge on any atom is -0.468 e. The topological polar surface area (TPSA) is 83.7 Å². The van der Waals surface area contributed by atoms with Gasteiger partial charge in [-0.2, -0.15) is 0 Å². The number of methoxy groups -OCH3 is 1. The second-order valence-corrected chi connectivity index (χ2v) is 9.30. The average Bonchev–Trinajstić information content (AvgIpc) is 3.02. The van der Waals surface area contributed by atoms with Gasteiger partial charge in [0.1, 0.15) is 11.6 Å². The lowest BCUT2D eigenvalue weighted by molar-refractivity contribution is -0.147. The first kappa shape index (κ1) is 22.2. The number of nitrogens with one attached hydrogen (secondary N) is 2. The van der Waals surface area contributed by atoms with Crippen LogP contribution in [0.4, 0.5) is 4.79 Å². The fourth-order valence-corrected chi connectivity index (χ4v) is 3.95. The molecule has 7 heteroatoms. The standard InChI is InChI=1S/C23H33N3O4/c1-14(2)18(25-22(28)30-23(3,4)5)12-26-13-19-16(11-20(26)21(27)29-6)15-9-7-8-10-17(15)24-19/h7-10,14,18,20,24H,11-13H2,1-6H3,(H,25,28)/t18-,20-/m0/s1. The zero-order chi connectivity index (χ0) is 22.1. The number of aromatic nitrogens is 1. The van der Waals surface area contributed by atoms with Crippen LogP contribution in [0.3, 0.4) is 0 Å². The van der Waals surface area contributed by atoms with Crippen LogP contribution >= 0.6 is 0 Å². The first-order chi connectivity index (χ1) is 14.1. The Kier molecular flexibility index (Phi) is 6.41. The van der Waals surface area contributed by atoms with Crippen LogP contribution in [0.25, 0.3) is 10.9 Å². The Bertz CT molecular complexity index is 913. The molecular weight excluding hydrogens is 382 g/mol.